The summed E-state index contributed by atoms with van der Waals surface area (Å²) in [7, 11) is 1.96. The van der Waals surface area contributed by atoms with Gasteiger partial charge in [0.25, 0.3) is 0 Å². The van der Waals surface area contributed by atoms with E-state index in [1.54, 1.807) is 6.20 Å². The van der Waals surface area contributed by atoms with E-state index in [-0.39, 0.29) is 0 Å². The van der Waals surface area contributed by atoms with E-state index in [0.29, 0.717) is 11.8 Å². The first-order valence-electron chi connectivity index (χ1n) is 7.91. The molecule has 5 nitrogen and oxygen atoms in total. The van der Waals surface area contributed by atoms with Gasteiger partial charge in [0, 0.05) is 19.3 Å². The summed E-state index contributed by atoms with van der Waals surface area (Å²) < 4.78 is 0. The molecule has 0 radical (unpaired) electrons. The second kappa shape index (κ2) is 7.08. The summed E-state index contributed by atoms with van der Waals surface area (Å²) in [6.07, 6.45) is 1.63. The van der Waals surface area contributed by atoms with Crippen molar-refractivity contribution in [1.29, 1.82) is 0 Å². The van der Waals surface area contributed by atoms with E-state index < -0.39 is 0 Å². The lowest BCUT2D eigenvalue weighted by atomic mass is 10.1. The summed E-state index contributed by atoms with van der Waals surface area (Å²) >= 11 is 0. The van der Waals surface area contributed by atoms with E-state index in [4.69, 9.17) is 0 Å². The maximum atomic E-state index is 4.56. The first-order valence-corrected chi connectivity index (χ1v) is 7.91. The van der Waals surface area contributed by atoms with Crippen molar-refractivity contribution in [2.45, 2.75) is 20.4 Å². The maximum absolute atomic E-state index is 4.56. The third-order valence-corrected chi connectivity index (χ3v) is 3.93. The van der Waals surface area contributed by atoms with Crippen LogP contribution < -0.4 is 10.2 Å². The molecule has 0 aliphatic heterocycles. The van der Waals surface area contributed by atoms with Crippen LogP contribution in [0.3, 0.4) is 0 Å². The van der Waals surface area contributed by atoms with Crippen LogP contribution in [0.5, 0.6) is 0 Å². The standard InChI is InChI=1S/C19H21N5/c1-14-9-10-17(11-15(14)2)21-18-12-20-23-19(22-18)24(3)13-16-7-5-4-6-8-16/h4-12H,13H2,1-3H3,(H,21,22,23). The Morgan fingerprint density at radius 3 is 2.54 bits per heavy atom. The highest BCUT2D eigenvalue weighted by Gasteiger charge is 2.08. The predicted molar refractivity (Wildman–Crippen MR) is 97.6 cm³/mol. The van der Waals surface area contributed by atoms with Crippen LogP contribution >= 0.6 is 0 Å². The fraction of sp³-hybridized carbons (Fsp3) is 0.211. The van der Waals surface area contributed by atoms with Crippen molar-refractivity contribution in [3.05, 3.63) is 71.4 Å². The topological polar surface area (TPSA) is 53.9 Å². The molecule has 5 heteroatoms. The van der Waals surface area contributed by atoms with Gasteiger partial charge in [-0.2, -0.15) is 10.1 Å². The van der Waals surface area contributed by atoms with Crippen molar-refractivity contribution >= 4 is 17.5 Å². The van der Waals surface area contributed by atoms with Gasteiger partial charge in [0.05, 0.1) is 6.20 Å². The summed E-state index contributed by atoms with van der Waals surface area (Å²) in [4.78, 5) is 6.54. The first kappa shape index (κ1) is 15.9. The van der Waals surface area contributed by atoms with E-state index >= 15 is 0 Å². The molecule has 0 spiro atoms. The largest absolute Gasteiger partial charge is 0.339 e. The Hall–Kier alpha value is -2.95. The van der Waals surface area contributed by atoms with Crippen molar-refractivity contribution in [2.75, 3.05) is 17.3 Å². The molecule has 1 N–H and O–H groups in total. The van der Waals surface area contributed by atoms with E-state index in [1.807, 2.05) is 36.2 Å². The second-order valence-electron chi connectivity index (χ2n) is 5.91. The summed E-state index contributed by atoms with van der Waals surface area (Å²) in [5.74, 6) is 1.27. The molecule has 1 aromatic heterocycles. The molecule has 0 amide bonds. The molecule has 1 heterocycles. The number of hydrogen-bond donors (Lipinski definition) is 1. The van der Waals surface area contributed by atoms with Gasteiger partial charge < -0.3 is 10.2 Å². The van der Waals surface area contributed by atoms with Gasteiger partial charge in [0.15, 0.2) is 5.82 Å². The number of hydrogen-bond acceptors (Lipinski definition) is 5. The highest BCUT2D eigenvalue weighted by Crippen LogP contribution is 2.19. The Balaban J connectivity index is 1.74. The number of anilines is 3. The smallest absolute Gasteiger partial charge is 0.247 e. The van der Waals surface area contributed by atoms with Crippen LogP contribution in [-0.4, -0.2) is 22.2 Å². The minimum absolute atomic E-state index is 0.590. The molecular weight excluding hydrogens is 298 g/mol. The van der Waals surface area contributed by atoms with Crippen molar-refractivity contribution in [3.63, 3.8) is 0 Å². The van der Waals surface area contributed by atoms with Gasteiger partial charge in [0.2, 0.25) is 5.95 Å². The van der Waals surface area contributed by atoms with Crippen LogP contribution in [-0.2, 0) is 6.54 Å². The third kappa shape index (κ3) is 3.87. The summed E-state index contributed by atoms with van der Waals surface area (Å²) in [5.41, 5.74) is 4.71. The second-order valence-corrected chi connectivity index (χ2v) is 5.91. The molecule has 0 aliphatic rings. The molecule has 2 aromatic carbocycles. The molecule has 122 valence electrons. The SMILES string of the molecule is Cc1ccc(Nc2cnnc(N(C)Cc3ccccc3)n2)cc1C. The molecule has 3 aromatic rings. The highest BCUT2D eigenvalue weighted by molar-refractivity contribution is 5.58. The molecule has 24 heavy (non-hydrogen) atoms. The molecule has 0 aliphatic carbocycles. The Morgan fingerprint density at radius 1 is 1.00 bits per heavy atom. The Bertz CT molecular complexity index is 817. The van der Waals surface area contributed by atoms with Crippen molar-refractivity contribution in [3.8, 4) is 0 Å². The van der Waals surface area contributed by atoms with Gasteiger partial charge >= 0.3 is 0 Å². The van der Waals surface area contributed by atoms with Gasteiger partial charge in [-0.1, -0.05) is 36.4 Å². The molecular formula is C19H21N5. The van der Waals surface area contributed by atoms with Gasteiger partial charge in [-0.25, -0.2) is 0 Å². The lowest BCUT2D eigenvalue weighted by Gasteiger charge is -2.17. The van der Waals surface area contributed by atoms with Crippen LogP contribution in [0.25, 0.3) is 0 Å². The zero-order chi connectivity index (χ0) is 16.9. The van der Waals surface area contributed by atoms with Crippen molar-refractivity contribution in [2.24, 2.45) is 0 Å². The monoisotopic (exact) mass is 319 g/mol. The Kier molecular flexibility index (Phi) is 4.70. The maximum Gasteiger partial charge on any atom is 0.247 e. The number of aromatic nitrogens is 3. The van der Waals surface area contributed by atoms with Gasteiger partial charge in [-0.15, -0.1) is 5.10 Å². The lowest BCUT2D eigenvalue weighted by Crippen LogP contribution is -2.19. The summed E-state index contributed by atoms with van der Waals surface area (Å²) in [5, 5.41) is 11.5. The molecule has 0 atom stereocenters. The average Bonchev–Trinajstić information content (AvgIpc) is 2.59. The van der Waals surface area contributed by atoms with Crippen LogP contribution in [0.15, 0.2) is 54.7 Å². The average molecular weight is 319 g/mol. The quantitative estimate of drug-likeness (QED) is 0.773. The minimum Gasteiger partial charge on any atom is -0.339 e. The van der Waals surface area contributed by atoms with E-state index in [1.165, 1.54) is 16.7 Å². The number of rotatable bonds is 5. The van der Waals surface area contributed by atoms with Gasteiger partial charge in [-0.3, -0.25) is 0 Å². The molecule has 0 unspecified atom stereocenters. The zero-order valence-corrected chi connectivity index (χ0v) is 14.2. The molecule has 0 bridgehead atoms. The molecule has 0 fully saturated rings. The third-order valence-electron chi connectivity index (χ3n) is 3.93. The highest BCUT2D eigenvalue weighted by atomic mass is 15.3. The number of aryl methyl sites for hydroxylation is 2. The van der Waals surface area contributed by atoms with E-state index in [2.05, 4.69) is 58.6 Å². The Labute approximate surface area is 142 Å². The zero-order valence-electron chi connectivity index (χ0n) is 14.2. The van der Waals surface area contributed by atoms with Crippen LogP contribution in [0.1, 0.15) is 16.7 Å². The van der Waals surface area contributed by atoms with Gasteiger partial charge in [-0.05, 0) is 42.7 Å². The number of benzene rings is 2. The fourth-order valence-electron chi connectivity index (χ4n) is 2.41. The summed E-state index contributed by atoms with van der Waals surface area (Å²) in [6, 6.07) is 16.5. The van der Waals surface area contributed by atoms with Crippen LogP contribution in [0.2, 0.25) is 0 Å². The molecule has 3 rings (SSSR count). The lowest BCUT2D eigenvalue weighted by molar-refractivity contribution is 0.831. The number of nitrogens with one attached hydrogen (secondary N) is 1. The van der Waals surface area contributed by atoms with Crippen LogP contribution in [0.4, 0.5) is 17.5 Å². The molecule has 0 saturated heterocycles. The van der Waals surface area contributed by atoms with Crippen LogP contribution in [0, 0.1) is 13.8 Å². The van der Waals surface area contributed by atoms with Gasteiger partial charge in [0.1, 0.15) is 0 Å². The van der Waals surface area contributed by atoms with E-state index in [9.17, 15) is 0 Å². The summed E-state index contributed by atoms with van der Waals surface area (Å²) in [6.45, 7) is 4.93. The van der Waals surface area contributed by atoms with Crippen molar-refractivity contribution < 1.29 is 0 Å². The predicted octanol–water partition coefficient (Wildman–Crippen LogP) is 3.87. The Morgan fingerprint density at radius 2 is 1.79 bits per heavy atom. The van der Waals surface area contributed by atoms with E-state index in [0.717, 1.165) is 12.2 Å². The normalized spacial score (nSPS) is 10.5. The molecule has 0 saturated carbocycles. The van der Waals surface area contributed by atoms with Crippen molar-refractivity contribution in [1.82, 2.24) is 15.2 Å². The fourth-order valence-corrected chi connectivity index (χ4v) is 2.41. The number of nitrogens with zero attached hydrogens (tertiary/aromatic N) is 4. The first-order chi connectivity index (χ1) is 11.6. The minimum atomic E-state index is 0.590.